The molecule has 0 aromatic rings. The third-order valence-corrected chi connectivity index (χ3v) is 2.35. The Hall–Kier alpha value is -1.10. The molecule has 5 N–H and O–H groups in total. The van der Waals surface area contributed by atoms with E-state index in [0.29, 0.717) is 0 Å². The Kier molecular flexibility index (Phi) is 5.15. The van der Waals surface area contributed by atoms with E-state index in [1.807, 2.05) is 13.8 Å². The Balaban J connectivity index is 4.14. The van der Waals surface area contributed by atoms with Gasteiger partial charge in [-0.25, -0.2) is 0 Å². The summed E-state index contributed by atoms with van der Waals surface area (Å²) in [6, 6.07) is -1.25. The van der Waals surface area contributed by atoms with E-state index in [9.17, 15) is 9.59 Å². The lowest BCUT2D eigenvalue weighted by molar-refractivity contribution is -0.128. The number of primary amides is 1. The quantitative estimate of drug-likeness (QED) is 0.551. The van der Waals surface area contributed by atoms with Crippen LogP contribution in [0.3, 0.4) is 0 Å². The normalized spacial score (nSPS) is 16.9. The van der Waals surface area contributed by atoms with Gasteiger partial charge in [-0.3, -0.25) is 9.59 Å². The molecule has 0 aliphatic carbocycles. The van der Waals surface area contributed by atoms with Crippen LogP contribution in [0, 0.1) is 5.92 Å². The number of carbonyl (C=O) groups excluding carboxylic acids is 2. The van der Waals surface area contributed by atoms with Gasteiger partial charge in [0.25, 0.3) is 0 Å². The van der Waals surface area contributed by atoms with Crippen molar-refractivity contribution in [3.8, 4) is 0 Å². The van der Waals surface area contributed by atoms with Crippen LogP contribution in [0.5, 0.6) is 0 Å². The topological polar surface area (TPSA) is 98.2 Å². The number of carbonyl (C=O) groups is 2. The first-order valence-electron chi connectivity index (χ1n) is 4.75. The number of nitrogens with one attached hydrogen (secondary N) is 1. The minimum Gasteiger partial charge on any atom is -0.368 e. The average Bonchev–Trinajstić information content (AvgIpc) is 2.14. The van der Waals surface area contributed by atoms with Crippen LogP contribution in [-0.2, 0) is 9.59 Å². The fourth-order valence-electron chi connectivity index (χ4n) is 0.893. The lowest BCUT2D eigenvalue weighted by Gasteiger charge is -2.19. The molecule has 0 aromatic carbocycles. The van der Waals surface area contributed by atoms with Crippen LogP contribution >= 0.6 is 0 Å². The zero-order chi connectivity index (χ0) is 11.3. The molecule has 2 amide bonds. The third kappa shape index (κ3) is 3.74. The molecule has 3 atom stereocenters. The molecule has 5 nitrogen and oxygen atoms in total. The second-order valence-electron chi connectivity index (χ2n) is 3.54. The molecule has 0 saturated heterocycles. The Labute approximate surface area is 84.2 Å². The van der Waals surface area contributed by atoms with Crippen LogP contribution in [0.15, 0.2) is 0 Å². The van der Waals surface area contributed by atoms with Gasteiger partial charge in [-0.2, -0.15) is 0 Å². The number of rotatable bonds is 5. The van der Waals surface area contributed by atoms with Gasteiger partial charge in [-0.1, -0.05) is 20.3 Å². The maximum absolute atomic E-state index is 11.4. The van der Waals surface area contributed by atoms with E-state index in [0.717, 1.165) is 6.42 Å². The SMILES string of the molecule is CCC(C)[C@H](N)C(=O)NC(C)C(N)=O. The summed E-state index contributed by atoms with van der Waals surface area (Å²) in [6.07, 6.45) is 0.819. The van der Waals surface area contributed by atoms with Gasteiger partial charge in [-0.15, -0.1) is 0 Å². The fourth-order valence-corrected chi connectivity index (χ4v) is 0.893. The third-order valence-electron chi connectivity index (χ3n) is 2.35. The summed E-state index contributed by atoms with van der Waals surface area (Å²) in [7, 11) is 0. The number of nitrogens with two attached hydrogens (primary N) is 2. The largest absolute Gasteiger partial charge is 0.368 e. The van der Waals surface area contributed by atoms with Crippen molar-refractivity contribution in [1.29, 1.82) is 0 Å². The molecule has 0 aliphatic heterocycles. The molecule has 0 heterocycles. The van der Waals surface area contributed by atoms with Crippen molar-refractivity contribution in [2.75, 3.05) is 0 Å². The molecule has 0 saturated carbocycles. The van der Waals surface area contributed by atoms with Crippen LogP contribution in [0.1, 0.15) is 27.2 Å². The van der Waals surface area contributed by atoms with Crippen LogP contribution in [0.2, 0.25) is 0 Å². The average molecular weight is 201 g/mol. The lowest BCUT2D eigenvalue weighted by Crippen LogP contribution is -2.51. The summed E-state index contributed by atoms with van der Waals surface area (Å²) >= 11 is 0. The summed E-state index contributed by atoms with van der Waals surface area (Å²) in [6.45, 7) is 5.37. The zero-order valence-corrected chi connectivity index (χ0v) is 8.91. The van der Waals surface area contributed by atoms with Crippen molar-refractivity contribution in [3.05, 3.63) is 0 Å². The lowest BCUT2D eigenvalue weighted by atomic mass is 9.99. The van der Waals surface area contributed by atoms with E-state index in [1.54, 1.807) is 0 Å². The van der Waals surface area contributed by atoms with E-state index in [-0.39, 0.29) is 11.8 Å². The molecule has 0 bridgehead atoms. The maximum Gasteiger partial charge on any atom is 0.239 e. The van der Waals surface area contributed by atoms with E-state index in [1.165, 1.54) is 6.92 Å². The van der Waals surface area contributed by atoms with E-state index < -0.39 is 18.0 Å². The standard InChI is InChI=1S/C9H19N3O2/c1-4-5(2)7(10)9(14)12-6(3)8(11)13/h5-7H,4,10H2,1-3H3,(H2,11,13)(H,12,14)/t5?,6?,7-/m0/s1. The minimum absolute atomic E-state index is 0.0927. The monoisotopic (exact) mass is 201 g/mol. The Morgan fingerprint density at radius 2 is 1.86 bits per heavy atom. The second kappa shape index (κ2) is 5.59. The number of hydrogen-bond donors (Lipinski definition) is 3. The minimum atomic E-state index is -0.669. The van der Waals surface area contributed by atoms with Gasteiger partial charge in [0, 0.05) is 0 Å². The van der Waals surface area contributed by atoms with Crippen molar-refractivity contribution < 1.29 is 9.59 Å². The molecule has 0 radical (unpaired) electrons. The summed E-state index contributed by atoms with van der Waals surface area (Å²) < 4.78 is 0. The molecule has 82 valence electrons. The van der Waals surface area contributed by atoms with Crippen molar-refractivity contribution in [2.24, 2.45) is 17.4 Å². The van der Waals surface area contributed by atoms with Crippen molar-refractivity contribution in [3.63, 3.8) is 0 Å². The van der Waals surface area contributed by atoms with Gasteiger partial charge >= 0.3 is 0 Å². The zero-order valence-electron chi connectivity index (χ0n) is 8.91. The first-order chi connectivity index (χ1) is 6.40. The molecule has 0 fully saturated rings. The molecular formula is C9H19N3O2. The maximum atomic E-state index is 11.4. The first kappa shape index (κ1) is 12.9. The molecule has 0 aliphatic rings. The molecule has 0 rings (SSSR count). The number of amides is 2. The van der Waals surface area contributed by atoms with Gasteiger partial charge in [-0.05, 0) is 12.8 Å². The van der Waals surface area contributed by atoms with E-state index >= 15 is 0 Å². The van der Waals surface area contributed by atoms with Gasteiger partial charge < -0.3 is 16.8 Å². The van der Waals surface area contributed by atoms with Crippen molar-refractivity contribution >= 4 is 11.8 Å². The molecule has 0 spiro atoms. The van der Waals surface area contributed by atoms with Crippen molar-refractivity contribution in [2.45, 2.75) is 39.3 Å². The molecule has 14 heavy (non-hydrogen) atoms. The van der Waals surface area contributed by atoms with Gasteiger partial charge in [0.2, 0.25) is 11.8 Å². The Morgan fingerprint density at radius 3 is 2.21 bits per heavy atom. The van der Waals surface area contributed by atoms with Gasteiger partial charge in [0.1, 0.15) is 6.04 Å². The van der Waals surface area contributed by atoms with Crippen LogP contribution in [0.25, 0.3) is 0 Å². The first-order valence-corrected chi connectivity index (χ1v) is 4.75. The van der Waals surface area contributed by atoms with Crippen molar-refractivity contribution in [1.82, 2.24) is 5.32 Å². The highest BCUT2D eigenvalue weighted by atomic mass is 16.2. The highest BCUT2D eigenvalue weighted by molar-refractivity contribution is 5.88. The van der Waals surface area contributed by atoms with E-state index in [4.69, 9.17) is 11.5 Å². The summed E-state index contributed by atoms with van der Waals surface area (Å²) in [5.41, 5.74) is 10.7. The summed E-state index contributed by atoms with van der Waals surface area (Å²) in [4.78, 5) is 22.1. The molecule has 0 aromatic heterocycles. The van der Waals surface area contributed by atoms with E-state index in [2.05, 4.69) is 5.32 Å². The summed E-state index contributed by atoms with van der Waals surface area (Å²) in [5.74, 6) is -0.796. The Morgan fingerprint density at radius 1 is 1.36 bits per heavy atom. The molecule has 5 heteroatoms. The highest BCUT2D eigenvalue weighted by Crippen LogP contribution is 2.05. The van der Waals surface area contributed by atoms with Crippen LogP contribution in [0.4, 0.5) is 0 Å². The Bertz CT molecular complexity index is 218. The van der Waals surface area contributed by atoms with Gasteiger partial charge in [0.15, 0.2) is 0 Å². The smallest absolute Gasteiger partial charge is 0.239 e. The molecular weight excluding hydrogens is 182 g/mol. The second-order valence-corrected chi connectivity index (χ2v) is 3.54. The van der Waals surface area contributed by atoms with Crippen LogP contribution in [-0.4, -0.2) is 23.9 Å². The van der Waals surface area contributed by atoms with Gasteiger partial charge in [0.05, 0.1) is 6.04 Å². The predicted octanol–water partition coefficient (Wildman–Crippen LogP) is -0.650. The molecule has 2 unspecified atom stereocenters. The fraction of sp³-hybridized carbons (Fsp3) is 0.778. The van der Waals surface area contributed by atoms with Crippen LogP contribution < -0.4 is 16.8 Å². The highest BCUT2D eigenvalue weighted by Gasteiger charge is 2.21. The predicted molar refractivity (Wildman–Crippen MR) is 54.2 cm³/mol. The summed E-state index contributed by atoms with van der Waals surface area (Å²) in [5, 5.41) is 2.46. The number of hydrogen-bond acceptors (Lipinski definition) is 3.